The molecule has 166 valence electrons. The van der Waals surface area contributed by atoms with Gasteiger partial charge in [-0.2, -0.15) is 5.10 Å². The van der Waals surface area contributed by atoms with Crippen LogP contribution in [0, 0.1) is 11.3 Å². The van der Waals surface area contributed by atoms with E-state index < -0.39 is 0 Å². The van der Waals surface area contributed by atoms with Crippen molar-refractivity contribution in [2.75, 3.05) is 26.2 Å². The summed E-state index contributed by atoms with van der Waals surface area (Å²) in [6, 6.07) is 22.0. The molecule has 2 unspecified atom stereocenters. The Labute approximate surface area is 197 Å². The van der Waals surface area contributed by atoms with Crippen molar-refractivity contribution in [2.45, 2.75) is 25.9 Å². The van der Waals surface area contributed by atoms with Gasteiger partial charge in [-0.15, -0.1) is 24.8 Å². The number of likely N-dealkylation sites (tertiary alicyclic amines) is 1. The first kappa shape index (κ1) is 23.8. The molecule has 2 saturated heterocycles. The smallest absolute Gasteiger partial charge is 0.0659 e. The van der Waals surface area contributed by atoms with Gasteiger partial charge in [0.05, 0.1) is 6.54 Å². The van der Waals surface area contributed by atoms with E-state index in [4.69, 9.17) is 0 Å². The second kappa shape index (κ2) is 10.6. The Morgan fingerprint density at radius 3 is 2.48 bits per heavy atom. The van der Waals surface area contributed by atoms with Crippen LogP contribution in [0.2, 0.25) is 0 Å². The first-order chi connectivity index (χ1) is 14.3. The number of fused-ring (bicyclic) bond motifs is 1. The number of aromatic nitrogens is 2. The van der Waals surface area contributed by atoms with Crippen molar-refractivity contribution in [3.8, 4) is 0 Å². The van der Waals surface area contributed by atoms with Crippen LogP contribution in [0.1, 0.15) is 23.1 Å². The number of benzene rings is 2. The van der Waals surface area contributed by atoms with Crippen LogP contribution in [-0.4, -0.2) is 40.9 Å². The van der Waals surface area contributed by atoms with E-state index in [-0.39, 0.29) is 24.8 Å². The molecule has 6 heteroatoms. The van der Waals surface area contributed by atoms with Crippen molar-refractivity contribution in [2.24, 2.45) is 11.3 Å². The molecule has 2 fully saturated rings. The molecule has 0 radical (unpaired) electrons. The van der Waals surface area contributed by atoms with Gasteiger partial charge in [-0.1, -0.05) is 54.6 Å². The molecule has 2 aromatic carbocycles. The van der Waals surface area contributed by atoms with Crippen molar-refractivity contribution in [3.05, 3.63) is 89.7 Å². The zero-order valence-electron chi connectivity index (χ0n) is 17.8. The summed E-state index contributed by atoms with van der Waals surface area (Å²) in [6.07, 6.45) is 6.34. The largest absolute Gasteiger partial charge is 0.316 e. The highest BCUT2D eigenvalue weighted by Crippen LogP contribution is 2.43. The molecule has 0 spiro atoms. The summed E-state index contributed by atoms with van der Waals surface area (Å²) in [6.45, 7) is 6.65. The molecule has 4 nitrogen and oxygen atoms in total. The lowest BCUT2D eigenvalue weighted by Gasteiger charge is -2.28. The van der Waals surface area contributed by atoms with Crippen molar-refractivity contribution in [1.29, 1.82) is 0 Å². The second-order valence-corrected chi connectivity index (χ2v) is 8.87. The van der Waals surface area contributed by atoms with Gasteiger partial charge in [0, 0.05) is 44.0 Å². The molecule has 2 atom stereocenters. The van der Waals surface area contributed by atoms with Gasteiger partial charge in [0.1, 0.15) is 0 Å². The predicted octanol–water partition coefficient (Wildman–Crippen LogP) is 4.43. The molecule has 31 heavy (non-hydrogen) atoms. The third kappa shape index (κ3) is 5.50. The standard InChI is InChI=1S/C25H30N4.2ClH/c1-2-6-21(7-3-1)10-11-25-19-26-15-24(25)18-28(20-25)16-22-8-4-9-23(14-22)17-29-13-5-12-27-29;;/h1-9,12-14,24,26H,10-11,15-20H2;2*1H. The number of hydrogen-bond donors (Lipinski definition) is 1. The maximum Gasteiger partial charge on any atom is 0.0659 e. The van der Waals surface area contributed by atoms with E-state index in [9.17, 15) is 0 Å². The molecule has 0 saturated carbocycles. The van der Waals surface area contributed by atoms with Crippen LogP contribution in [0.5, 0.6) is 0 Å². The zero-order valence-corrected chi connectivity index (χ0v) is 19.5. The first-order valence-electron chi connectivity index (χ1n) is 10.8. The van der Waals surface area contributed by atoms with E-state index in [2.05, 4.69) is 69.9 Å². The Morgan fingerprint density at radius 2 is 1.71 bits per heavy atom. The monoisotopic (exact) mass is 458 g/mol. The quantitative estimate of drug-likeness (QED) is 0.568. The maximum absolute atomic E-state index is 4.34. The Balaban J connectivity index is 0.00000136. The zero-order chi connectivity index (χ0) is 19.5. The normalized spacial score (nSPS) is 22.5. The molecule has 1 N–H and O–H groups in total. The van der Waals surface area contributed by atoms with Crippen LogP contribution in [0.4, 0.5) is 0 Å². The SMILES string of the molecule is Cl.Cl.c1ccc(CCC23CNCC2CN(Cc2cccc(Cn4cccn4)c2)C3)cc1. The lowest BCUT2D eigenvalue weighted by Crippen LogP contribution is -2.33. The number of aryl methyl sites for hydroxylation is 1. The third-order valence-corrected chi connectivity index (χ3v) is 6.81. The maximum atomic E-state index is 4.34. The summed E-state index contributed by atoms with van der Waals surface area (Å²) in [7, 11) is 0. The Hall–Kier alpha value is -1.85. The predicted molar refractivity (Wildman–Crippen MR) is 131 cm³/mol. The summed E-state index contributed by atoms with van der Waals surface area (Å²) in [4.78, 5) is 2.68. The highest BCUT2D eigenvalue weighted by atomic mass is 35.5. The molecular formula is C25H32Cl2N4. The van der Waals surface area contributed by atoms with Crippen LogP contribution in [-0.2, 0) is 19.5 Å². The molecule has 2 aliphatic rings. The number of hydrogen-bond acceptors (Lipinski definition) is 3. The van der Waals surface area contributed by atoms with Crippen molar-refractivity contribution in [1.82, 2.24) is 20.0 Å². The van der Waals surface area contributed by atoms with E-state index in [1.165, 1.54) is 55.7 Å². The molecule has 3 heterocycles. The van der Waals surface area contributed by atoms with Crippen molar-refractivity contribution >= 4 is 24.8 Å². The molecule has 5 rings (SSSR count). The van der Waals surface area contributed by atoms with Crippen LogP contribution < -0.4 is 5.32 Å². The van der Waals surface area contributed by atoms with Gasteiger partial charge in [0.25, 0.3) is 0 Å². The highest BCUT2D eigenvalue weighted by molar-refractivity contribution is 5.85. The molecule has 0 bridgehead atoms. The summed E-state index contributed by atoms with van der Waals surface area (Å²) in [5, 5.41) is 8.02. The minimum atomic E-state index is 0. The molecule has 0 aliphatic carbocycles. The Kier molecular flexibility index (Phi) is 8.17. The minimum absolute atomic E-state index is 0. The van der Waals surface area contributed by atoms with Crippen LogP contribution in [0.25, 0.3) is 0 Å². The van der Waals surface area contributed by atoms with Crippen molar-refractivity contribution < 1.29 is 0 Å². The molecule has 1 aromatic heterocycles. The van der Waals surface area contributed by atoms with E-state index in [1.54, 1.807) is 0 Å². The van der Waals surface area contributed by atoms with Gasteiger partial charge in [0.15, 0.2) is 0 Å². The van der Waals surface area contributed by atoms with E-state index in [1.807, 2.05) is 23.1 Å². The van der Waals surface area contributed by atoms with Gasteiger partial charge in [-0.3, -0.25) is 9.58 Å². The lowest BCUT2D eigenvalue weighted by molar-refractivity contribution is 0.237. The fraction of sp³-hybridized carbons (Fsp3) is 0.400. The van der Waals surface area contributed by atoms with Gasteiger partial charge in [-0.05, 0) is 48.1 Å². The fourth-order valence-electron chi connectivity index (χ4n) is 5.32. The van der Waals surface area contributed by atoms with E-state index in [0.29, 0.717) is 5.41 Å². The first-order valence-corrected chi connectivity index (χ1v) is 10.8. The second-order valence-electron chi connectivity index (χ2n) is 8.87. The fourth-order valence-corrected chi connectivity index (χ4v) is 5.32. The summed E-state index contributed by atoms with van der Waals surface area (Å²) < 4.78 is 1.99. The van der Waals surface area contributed by atoms with Gasteiger partial charge in [-0.25, -0.2) is 0 Å². The summed E-state index contributed by atoms with van der Waals surface area (Å²) >= 11 is 0. The van der Waals surface area contributed by atoms with Gasteiger partial charge < -0.3 is 5.32 Å². The van der Waals surface area contributed by atoms with Gasteiger partial charge in [0.2, 0.25) is 0 Å². The topological polar surface area (TPSA) is 33.1 Å². The molecule has 3 aromatic rings. The number of nitrogens with one attached hydrogen (secondary N) is 1. The van der Waals surface area contributed by atoms with Crippen LogP contribution in [0.3, 0.4) is 0 Å². The lowest BCUT2D eigenvalue weighted by atomic mass is 9.76. The summed E-state index contributed by atoms with van der Waals surface area (Å²) in [5.41, 5.74) is 4.65. The number of nitrogens with zero attached hydrogens (tertiary/aromatic N) is 3. The Bertz CT molecular complexity index is 932. The number of halogens is 2. The molecule has 2 aliphatic heterocycles. The number of rotatable bonds is 7. The molecular weight excluding hydrogens is 427 g/mol. The average molecular weight is 459 g/mol. The average Bonchev–Trinajstić information content (AvgIpc) is 3.44. The van der Waals surface area contributed by atoms with Gasteiger partial charge >= 0.3 is 0 Å². The highest BCUT2D eigenvalue weighted by Gasteiger charge is 2.48. The van der Waals surface area contributed by atoms with E-state index >= 15 is 0 Å². The van der Waals surface area contributed by atoms with Crippen LogP contribution >= 0.6 is 24.8 Å². The summed E-state index contributed by atoms with van der Waals surface area (Å²) in [5.74, 6) is 0.776. The molecule has 0 amide bonds. The third-order valence-electron chi connectivity index (χ3n) is 6.81. The van der Waals surface area contributed by atoms with E-state index in [0.717, 1.165) is 19.0 Å². The van der Waals surface area contributed by atoms with Crippen molar-refractivity contribution in [3.63, 3.8) is 0 Å². The van der Waals surface area contributed by atoms with Crippen LogP contribution in [0.15, 0.2) is 73.1 Å². The minimum Gasteiger partial charge on any atom is -0.316 e. The Morgan fingerprint density at radius 1 is 0.935 bits per heavy atom.